The summed E-state index contributed by atoms with van der Waals surface area (Å²) in [6.07, 6.45) is 0.893. The van der Waals surface area contributed by atoms with E-state index in [2.05, 4.69) is 0 Å². The van der Waals surface area contributed by atoms with Crippen molar-refractivity contribution in [3.05, 3.63) is 22.2 Å². The van der Waals surface area contributed by atoms with Crippen molar-refractivity contribution in [2.45, 2.75) is 19.8 Å². The maximum Gasteiger partial charge on any atom is 0.166 e. The second kappa shape index (κ2) is 3.74. The Balaban J connectivity index is 2.50. The summed E-state index contributed by atoms with van der Waals surface area (Å²) in [5.41, 5.74) is 1.37. The Morgan fingerprint density at radius 2 is 2.40 bits per heavy atom. The summed E-state index contributed by atoms with van der Waals surface area (Å²) in [7, 11) is 0. The fourth-order valence-corrected chi connectivity index (χ4v) is 2.06. The van der Waals surface area contributed by atoms with Crippen LogP contribution in [-0.4, -0.2) is 17.5 Å². The zero-order chi connectivity index (χ0) is 11.0. The monoisotopic (exact) mass is 226 g/mol. The molecule has 0 aromatic heterocycles. The first kappa shape index (κ1) is 10.3. The summed E-state index contributed by atoms with van der Waals surface area (Å²) in [6, 6.07) is 1.64. The number of hydrogen-bond acceptors (Lipinski definition) is 3. The van der Waals surface area contributed by atoms with Crippen LogP contribution in [0.25, 0.3) is 0 Å². The van der Waals surface area contributed by atoms with Crippen molar-refractivity contribution in [1.29, 1.82) is 0 Å². The molecule has 1 aromatic rings. The van der Waals surface area contributed by atoms with Gasteiger partial charge in [0.05, 0.1) is 6.61 Å². The predicted molar refractivity (Wildman–Crippen MR) is 56.7 cm³/mol. The molecule has 1 heterocycles. The Bertz CT molecular complexity index is 426. The molecule has 1 aliphatic rings. The smallest absolute Gasteiger partial charge is 0.166 e. The zero-order valence-corrected chi connectivity index (χ0v) is 9.10. The van der Waals surface area contributed by atoms with Gasteiger partial charge in [0.25, 0.3) is 0 Å². The molecular weight excluding hydrogens is 216 g/mol. The van der Waals surface area contributed by atoms with Gasteiger partial charge in [-0.25, -0.2) is 0 Å². The predicted octanol–water partition coefficient (Wildman–Crippen LogP) is 2.11. The number of halogens is 1. The molecule has 2 rings (SSSR count). The van der Waals surface area contributed by atoms with Gasteiger partial charge in [-0.2, -0.15) is 0 Å². The van der Waals surface area contributed by atoms with Crippen LogP contribution >= 0.6 is 11.6 Å². The summed E-state index contributed by atoms with van der Waals surface area (Å²) in [5.74, 6) is 0.486. The summed E-state index contributed by atoms with van der Waals surface area (Å²) in [5, 5.41) is 10.4. The standard InChI is InChI=1S/C11H11ClO3/c1-6(13)4-7-5-9(12)8-2-3-15-11(8)10(7)14/h5,14H,2-4H2,1H3. The molecule has 1 aliphatic heterocycles. The van der Waals surface area contributed by atoms with Gasteiger partial charge in [0, 0.05) is 29.0 Å². The first-order valence-corrected chi connectivity index (χ1v) is 5.13. The molecule has 4 heteroatoms. The van der Waals surface area contributed by atoms with Crippen molar-refractivity contribution in [2.24, 2.45) is 0 Å². The van der Waals surface area contributed by atoms with Crippen molar-refractivity contribution in [3.8, 4) is 11.5 Å². The minimum atomic E-state index is -0.0145. The number of fused-ring (bicyclic) bond motifs is 1. The minimum absolute atomic E-state index is 0.0145. The van der Waals surface area contributed by atoms with Gasteiger partial charge in [-0.15, -0.1) is 0 Å². The SMILES string of the molecule is CC(=O)Cc1cc(Cl)c2c(c1O)OCC2. The summed E-state index contributed by atoms with van der Waals surface area (Å²) in [6.45, 7) is 2.01. The van der Waals surface area contributed by atoms with Crippen LogP contribution in [0.5, 0.6) is 11.5 Å². The number of ether oxygens (including phenoxy) is 1. The molecule has 1 aromatic carbocycles. The number of phenolic OH excluding ortho intramolecular Hbond substituents is 1. The van der Waals surface area contributed by atoms with E-state index in [-0.39, 0.29) is 18.0 Å². The highest BCUT2D eigenvalue weighted by Gasteiger charge is 2.22. The van der Waals surface area contributed by atoms with Gasteiger partial charge in [-0.1, -0.05) is 11.6 Å². The van der Waals surface area contributed by atoms with Crippen LogP contribution in [0.3, 0.4) is 0 Å². The van der Waals surface area contributed by atoms with Crippen LogP contribution in [0.1, 0.15) is 18.1 Å². The van der Waals surface area contributed by atoms with Gasteiger partial charge < -0.3 is 9.84 Å². The number of phenols is 1. The maximum atomic E-state index is 11.0. The van der Waals surface area contributed by atoms with Gasteiger partial charge in [-0.05, 0) is 13.0 Å². The van der Waals surface area contributed by atoms with Crippen LogP contribution in [-0.2, 0) is 17.6 Å². The van der Waals surface area contributed by atoms with E-state index < -0.39 is 0 Å². The molecule has 0 amide bonds. The molecule has 0 unspecified atom stereocenters. The third-order valence-electron chi connectivity index (χ3n) is 2.42. The molecule has 0 bridgehead atoms. The number of ketones is 1. The first-order valence-electron chi connectivity index (χ1n) is 4.75. The molecule has 0 saturated carbocycles. The largest absolute Gasteiger partial charge is 0.504 e. The van der Waals surface area contributed by atoms with E-state index in [0.29, 0.717) is 29.4 Å². The van der Waals surface area contributed by atoms with E-state index in [0.717, 1.165) is 5.56 Å². The fraction of sp³-hybridized carbons (Fsp3) is 0.364. The number of rotatable bonds is 2. The van der Waals surface area contributed by atoms with Gasteiger partial charge in [-0.3, -0.25) is 4.79 Å². The molecule has 0 radical (unpaired) electrons. The Labute approximate surface area is 92.6 Å². The minimum Gasteiger partial charge on any atom is -0.504 e. The van der Waals surface area contributed by atoms with E-state index >= 15 is 0 Å². The molecule has 1 N–H and O–H groups in total. The van der Waals surface area contributed by atoms with Crippen LogP contribution in [0, 0.1) is 0 Å². The molecule has 0 saturated heterocycles. The van der Waals surface area contributed by atoms with E-state index in [4.69, 9.17) is 16.3 Å². The Morgan fingerprint density at radius 3 is 3.07 bits per heavy atom. The van der Waals surface area contributed by atoms with Crippen molar-refractivity contribution in [3.63, 3.8) is 0 Å². The van der Waals surface area contributed by atoms with Crippen LogP contribution < -0.4 is 4.74 Å². The number of carbonyl (C=O) groups excluding carboxylic acids is 1. The van der Waals surface area contributed by atoms with Gasteiger partial charge in [0.1, 0.15) is 5.78 Å². The Hall–Kier alpha value is -1.22. The topological polar surface area (TPSA) is 46.5 Å². The molecule has 15 heavy (non-hydrogen) atoms. The van der Waals surface area contributed by atoms with Gasteiger partial charge in [0.15, 0.2) is 11.5 Å². The molecule has 80 valence electrons. The van der Waals surface area contributed by atoms with Gasteiger partial charge >= 0.3 is 0 Å². The fourth-order valence-electron chi connectivity index (χ4n) is 1.75. The molecule has 0 spiro atoms. The lowest BCUT2D eigenvalue weighted by Crippen LogP contribution is -1.98. The maximum absolute atomic E-state index is 11.0. The third kappa shape index (κ3) is 1.79. The van der Waals surface area contributed by atoms with E-state index in [9.17, 15) is 9.90 Å². The lowest BCUT2D eigenvalue weighted by Gasteiger charge is -2.09. The average Bonchev–Trinajstić information content (AvgIpc) is 2.61. The zero-order valence-electron chi connectivity index (χ0n) is 8.34. The van der Waals surface area contributed by atoms with Crippen molar-refractivity contribution in [2.75, 3.05) is 6.61 Å². The number of benzene rings is 1. The van der Waals surface area contributed by atoms with E-state index in [1.54, 1.807) is 6.07 Å². The van der Waals surface area contributed by atoms with Crippen LogP contribution in [0.4, 0.5) is 0 Å². The Morgan fingerprint density at radius 1 is 1.67 bits per heavy atom. The highest BCUT2D eigenvalue weighted by atomic mass is 35.5. The van der Waals surface area contributed by atoms with Crippen molar-refractivity contribution < 1.29 is 14.6 Å². The Kier molecular flexibility index (Phi) is 2.57. The molecule has 0 fully saturated rings. The number of Topliss-reactive ketones (excluding diaryl/α,β-unsaturated/α-hetero) is 1. The number of carbonyl (C=O) groups is 1. The molecule has 3 nitrogen and oxygen atoms in total. The summed E-state index contributed by atoms with van der Waals surface area (Å²) < 4.78 is 5.29. The number of hydrogen-bond donors (Lipinski definition) is 1. The van der Waals surface area contributed by atoms with Crippen molar-refractivity contribution in [1.82, 2.24) is 0 Å². The summed E-state index contributed by atoms with van der Waals surface area (Å²) in [4.78, 5) is 11.0. The second-order valence-corrected chi connectivity index (χ2v) is 4.06. The van der Waals surface area contributed by atoms with Crippen molar-refractivity contribution >= 4 is 17.4 Å². The first-order chi connectivity index (χ1) is 7.09. The lowest BCUT2D eigenvalue weighted by molar-refractivity contribution is -0.116. The third-order valence-corrected chi connectivity index (χ3v) is 2.76. The number of aromatic hydroxyl groups is 1. The van der Waals surface area contributed by atoms with Crippen LogP contribution in [0.2, 0.25) is 5.02 Å². The highest BCUT2D eigenvalue weighted by molar-refractivity contribution is 6.31. The van der Waals surface area contributed by atoms with E-state index in [1.165, 1.54) is 6.92 Å². The summed E-state index contributed by atoms with van der Waals surface area (Å²) >= 11 is 6.03. The molecule has 0 aliphatic carbocycles. The van der Waals surface area contributed by atoms with Crippen LogP contribution in [0.15, 0.2) is 6.07 Å². The average molecular weight is 227 g/mol. The molecular formula is C11H11ClO3. The van der Waals surface area contributed by atoms with Gasteiger partial charge in [0.2, 0.25) is 0 Å². The normalized spacial score (nSPS) is 13.5. The highest BCUT2D eigenvalue weighted by Crippen LogP contribution is 2.42. The molecule has 0 atom stereocenters. The quantitative estimate of drug-likeness (QED) is 0.840. The second-order valence-electron chi connectivity index (χ2n) is 3.65. The van der Waals surface area contributed by atoms with E-state index in [1.807, 2.05) is 0 Å². The lowest BCUT2D eigenvalue weighted by atomic mass is 10.0.